The summed E-state index contributed by atoms with van der Waals surface area (Å²) in [6.45, 7) is 1.54. The number of hydrogen-bond acceptors (Lipinski definition) is 3. The van der Waals surface area contributed by atoms with Gasteiger partial charge < -0.3 is 4.90 Å². The van der Waals surface area contributed by atoms with E-state index in [2.05, 4.69) is 46.7 Å². The van der Waals surface area contributed by atoms with Gasteiger partial charge in [0.05, 0.1) is 12.2 Å². The van der Waals surface area contributed by atoms with Crippen molar-refractivity contribution < 1.29 is 4.79 Å². The zero-order valence-electron chi connectivity index (χ0n) is 13.5. The highest BCUT2D eigenvalue weighted by molar-refractivity contribution is 5.86. The molecule has 0 spiro atoms. The number of amides is 1. The topological polar surface area (TPSA) is 51.0 Å². The maximum absolute atomic E-state index is 12.6. The Morgan fingerprint density at radius 1 is 1.17 bits per heavy atom. The SMILES string of the molecule is O=C(CCc1cccc2ccccc12)N1CC[C@@H](n2ccnn2)C1. The molecule has 1 atom stereocenters. The Labute approximate surface area is 140 Å². The van der Waals surface area contributed by atoms with Gasteiger partial charge in [-0.1, -0.05) is 47.7 Å². The maximum atomic E-state index is 12.6. The van der Waals surface area contributed by atoms with Crippen LogP contribution in [0.2, 0.25) is 0 Å². The smallest absolute Gasteiger partial charge is 0.222 e. The van der Waals surface area contributed by atoms with E-state index in [9.17, 15) is 4.79 Å². The lowest BCUT2D eigenvalue weighted by atomic mass is 10.0. The number of likely N-dealkylation sites (tertiary alicyclic amines) is 1. The van der Waals surface area contributed by atoms with Crippen molar-refractivity contribution in [3.63, 3.8) is 0 Å². The summed E-state index contributed by atoms with van der Waals surface area (Å²) in [6.07, 6.45) is 5.84. The second-order valence-corrected chi connectivity index (χ2v) is 6.30. The summed E-state index contributed by atoms with van der Waals surface area (Å²) in [4.78, 5) is 14.5. The van der Waals surface area contributed by atoms with Gasteiger partial charge in [-0.2, -0.15) is 0 Å². The summed E-state index contributed by atoms with van der Waals surface area (Å²) in [5.74, 6) is 0.227. The Hall–Kier alpha value is -2.69. The van der Waals surface area contributed by atoms with Crippen molar-refractivity contribution in [2.45, 2.75) is 25.3 Å². The van der Waals surface area contributed by atoms with Crippen LogP contribution in [-0.2, 0) is 11.2 Å². The Kier molecular flexibility index (Phi) is 3.99. The molecule has 0 N–H and O–H groups in total. The molecule has 1 aliphatic heterocycles. The van der Waals surface area contributed by atoms with E-state index < -0.39 is 0 Å². The normalized spacial score (nSPS) is 17.5. The minimum Gasteiger partial charge on any atom is -0.340 e. The predicted octanol–water partition coefficient (Wildman–Crippen LogP) is 2.84. The molecule has 1 amide bonds. The molecule has 0 saturated carbocycles. The molecule has 0 aliphatic carbocycles. The van der Waals surface area contributed by atoms with E-state index in [4.69, 9.17) is 0 Å². The molecule has 0 radical (unpaired) electrons. The molecule has 1 fully saturated rings. The summed E-state index contributed by atoms with van der Waals surface area (Å²) >= 11 is 0. The lowest BCUT2D eigenvalue weighted by molar-refractivity contribution is -0.130. The van der Waals surface area contributed by atoms with Crippen LogP contribution in [0.15, 0.2) is 54.9 Å². The van der Waals surface area contributed by atoms with E-state index in [0.29, 0.717) is 6.42 Å². The first-order valence-electron chi connectivity index (χ1n) is 8.41. The van der Waals surface area contributed by atoms with Gasteiger partial charge in [0.1, 0.15) is 0 Å². The van der Waals surface area contributed by atoms with Crippen LogP contribution in [0.1, 0.15) is 24.4 Å². The van der Waals surface area contributed by atoms with E-state index in [0.717, 1.165) is 25.9 Å². The molecule has 24 heavy (non-hydrogen) atoms. The molecule has 5 heteroatoms. The minimum atomic E-state index is 0.227. The van der Waals surface area contributed by atoms with Gasteiger partial charge in [-0.15, -0.1) is 5.10 Å². The van der Waals surface area contributed by atoms with Gasteiger partial charge in [0.15, 0.2) is 0 Å². The molecule has 1 aromatic heterocycles. The number of fused-ring (bicyclic) bond motifs is 1. The van der Waals surface area contributed by atoms with Crippen molar-refractivity contribution in [1.82, 2.24) is 19.9 Å². The Bertz CT molecular complexity index is 838. The third kappa shape index (κ3) is 2.89. The van der Waals surface area contributed by atoms with Crippen LogP contribution in [0, 0.1) is 0 Å². The largest absolute Gasteiger partial charge is 0.340 e. The van der Waals surface area contributed by atoms with Crippen LogP contribution in [-0.4, -0.2) is 38.9 Å². The molecular weight excluding hydrogens is 300 g/mol. The molecule has 3 aromatic rings. The molecule has 5 nitrogen and oxygen atoms in total. The molecule has 1 aliphatic rings. The standard InChI is InChI=1S/C19H20N4O/c24-19(22-12-10-17(14-22)23-13-11-20-21-23)9-8-16-6-3-5-15-4-1-2-7-18(15)16/h1-7,11,13,17H,8-10,12,14H2/t17-/m1/s1. The van der Waals surface area contributed by atoms with Crippen molar-refractivity contribution in [3.8, 4) is 0 Å². The number of rotatable bonds is 4. The number of carbonyl (C=O) groups is 1. The van der Waals surface area contributed by atoms with Gasteiger partial charge in [-0.25, -0.2) is 4.68 Å². The Morgan fingerprint density at radius 2 is 2.04 bits per heavy atom. The van der Waals surface area contributed by atoms with Crippen LogP contribution in [0.3, 0.4) is 0 Å². The van der Waals surface area contributed by atoms with Crippen molar-refractivity contribution in [2.75, 3.05) is 13.1 Å². The average molecular weight is 320 g/mol. The first-order chi connectivity index (χ1) is 11.8. The second-order valence-electron chi connectivity index (χ2n) is 6.30. The molecular formula is C19H20N4O. The highest BCUT2D eigenvalue weighted by Gasteiger charge is 2.27. The van der Waals surface area contributed by atoms with Crippen molar-refractivity contribution >= 4 is 16.7 Å². The summed E-state index contributed by atoms with van der Waals surface area (Å²) in [7, 11) is 0. The van der Waals surface area contributed by atoms with Crippen LogP contribution in [0.5, 0.6) is 0 Å². The van der Waals surface area contributed by atoms with Crippen molar-refractivity contribution in [1.29, 1.82) is 0 Å². The van der Waals surface area contributed by atoms with Crippen molar-refractivity contribution in [2.24, 2.45) is 0 Å². The van der Waals surface area contributed by atoms with Crippen LogP contribution in [0.4, 0.5) is 0 Å². The minimum absolute atomic E-state index is 0.227. The Morgan fingerprint density at radius 3 is 2.92 bits per heavy atom. The average Bonchev–Trinajstić information content (AvgIpc) is 3.30. The number of benzene rings is 2. The van der Waals surface area contributed by atoms with E-state index in [1.54, 1.807) is 6.20 Å². The summed E-state index contributed by atoms with van der Waals surface area (Å²) in [5.41, 5.74) is 1.24. The number of aryl methyl sites for hydroxylation is 1. The maximum Gasteiger partial charge on any atom is 0.222 e. The van der Waals surface area contributed by atoms with Gasteiger partial charge in [-0.3, -0.25) is 4.79 Å². The first-order valence-corrected chi connectivity index (χ1v) is 8.41. The summed E-state index contributed by atoms with van der Waals surface area (Å²) in [5, 5.41) is 10.4. The second kappa shape index (κ2) is 6.43. The molecule has 2 aromatic carbocycles. The first kappa shape index (κ1) is 14.9. The fourth-order valence-electron chi connectivity index (χ4n) is 3.51. The highest BCUT2D eigenvalue weighted by Crippen LogP contribution is 2.23. The molecule has 122 valence electrons. The van der Waals surface area contributed by atoms with Gasteiger partial charge >= 0.3 is 0 Å². The monoisotopic (exact) mass is 320 g/mol. The zero-order chi connectivity index (χ0) is 16.4. The predicted molar refractivity (Wildman–Crippen MR) is 92.5 cm³/mol. The number of hydrogen-bond donors (Lipinski definition) is 0. The fourth-order valence-corrected chi connectivity index (χ4v) is 3.51. The van der Waals surface area contributed by atoms with E-state index in [1.807, 2.05) is 21.8 Å². The fraction of sp³-hybridized carbons (Fsp3) is 0.316. The quantitative estimate of drug-likeness (QED) is 0.743. The molecule has 2 heterocycles. The van der Waals surface area contributed by atoms with Crippen LogP contribution >= 0.6 is 0 Å². The number of aromatic nitrogens is 3. The number of nitrogens with zero attached hydrogens (tertiary/aromatic N) is 4. The highest BCUT2D eigenvalue weighted by atomic mass is 16.2. The number of carbonyl (C=O) groups excluding carboxylic acids is 1. The van der Waals surface area contributed by atoms with Gasteiger partial charge in [0.25, 0.3) is 0 Å². The lowest BCUT2D eigenvalue weighted by Gasteiger charge is -2.17. The van der Waals surface area contributed by atoms with E-state index in [1.165, 1.54) is 16.3 Å². The molecule has 4 rings (SSSR count). The van der Waals surface area contributed by atoms with E-state index >= 15 is 0 Å². The van der Waals surface area contributed by atoms with Gasteiger partial charge in [-0.05, 0) is 29.2 Å². The third-order valence-corrected chi connectivity index (χ3v) is 4.82. The van der Waals surface area contributed by atoms with Gasteiger partial charge in [0.2, 0.25) is 5.91 Å². The van der Waals surface area contributed by atoms with Crippen molar-refractivity contribution in [3.05, 3.63) is 60.4 Å². The van der Waals surface area contributed by atoms with Crippen LogP contribution in [0.25, 0.3) is 10.8 Å². The summed E-state index contributed by atoms with van der Waals surface area (Å²) in [6, 6.07) is 14.9. The molecule has 0 unspecified atom stereocenters. The third-order valence-electron chi connectivity index (χ3n) is 4.82. The lowest BCUT2D eigenvalue weighted by Crippen LogP contribution is -2.29. The zero-order valence-corrected chi connectivity index (χ0v) is 13.5. The van der Waals surface area contributed by atoms with Crippen LogP contribution < -0.4 is 0 Å². The van der Waals surface area contributed by atoms with Gasteiger partial charge in [0, 0.05) is 25.7 Å². The Balaban J connectivity index is 1.40. The molecule has 0 bridgehead atoms. The van der Waals surface area contributed by atoms with E-state index in [-0.39, 0.29) is 11.9 Å². The summed E-state index contributed by atoms with van der Waals surface area (Å²) < 4.78 is 1.86. The molecule has 1 saturated heterocycles.